The molecule has 3 aromatic rings. The molecule has 0 bridgehead atoms. The summed E-state index contributed by atoms with van der Waals surface area (Å²) in [4.78, 5) is 29.9. The van der Waals surface area contributed by atoms with E-state index in [1.165, 1.54) is 0 Å². The maximum atomic E-state index is 12.9. The van der Waals surface area contributed by atoms with Gasteiger partial charge >= 0.3 is 0 Å². The quantitative estimate of drug-likeness (QED) is 0.758. The van der Waals surface area contributed by atoms with Crippen LogP contribution in [0.1, 0.15) is 16.8 Å². The minimum absolute atomic E-state index is 0.0133. The number of carbonyl (C=O) groups excluding carboxylic acids is 1. The molecule has 1 aromatic carbocycles. The van der Waals surface area contributed by atoms with Crippen LogP contribution in [0.25, 0.3) is 11.3 Å². The Hall–Kier alpha value is -3.48. The lowest BCUT2D eigenvalue weighted by Crippen LogP contribution is -2.35. The van der Waals surface area contributed by atoms with Crippen LogP contribution in [0, 0.1) is 0 Å². The van der Waals surface area contributed by atoms with E-state index in [1.807, 2.05) is 11.0 Å². The van der Waals surface area contributed by atoms with Gasteiger partial charge in [-0.2, -0.15) is 0 Å². The highest BCUT2D eigenvalue weighted by Crippen LogP contribution is 2.20. The molecular formula is C21H21N5O2. The first kappa shape index (κ1) is 17.9. The van der Waals surface area contributed by atoms with Crippen LogP contribution in [-0.2, 0) is 0 Å². The first-order valence-corrected chi connectivity index (χ1v) is 9.27. The molecule has 0 radical (unpaired) electrons. The predicted molar refractivity (Wildman–Crippen MR) is 106 cm³/mol. The van der Waals surface area contributed by atoms with Gasteiger partial charge in [0.05, 0.1) is 11.3 Å². The number of nitrogens with zero attached hydrogens (tertiary/aromatic N) is 5. The fourth-order valence-electron chi connectivity index (χ4n) is 3.28. The van der Waals surface area contributed by atoms with Crippen LogP contribution in [0.5, 0.6) is 5.75 Å². The molecule has 2 aromatic heterocycles. The summed E-state index contributed by atoms with van der Waals surface area (Å²) >= 11 is 0. The van der Waals surface area contributed by atoms with Crippen LogP contribution in [0.4, 0.5) is 5.95 Å². The van der Waals surface area contributed by atoms with E-state index in [0.717, 1.165) is 24.2 Å². The molecule has 1 amide bonds. The fraction of sp³-hybridized carbons (Fsp3) is 0.238. The van der Waals surface area contributed by atoms with Gasteiger partial charge in [0.15, 0.2) is 0 Å². The van der Waals surface area contributed by atoms with Crippen molar-refractivity contribution in [1.82, 2.24) is 19.9 Å². The minimum atomic E-state index is -0.0133. The molecule has 28 heavy (non-hydrogen) atoms. The molecule has 142 valence electrons. The van der Waals surface area contributed by atoms with Crippen molar-refractivity contribution in [2.75, 3.05) is 31.1 Å². The molecule has 7 nitrogen and oxygen atoms in total. The Labute approximate surface area is 163 Å². The molecule has 0 saturated carbocycles. The van der Waals surface area contributed by atoms with Crippen molar-refractivity contribution in [1.29, 1.82) is 0 Å². The number of rotatable bonds is 3. The van der Waals surface area contributed by atoms with E-state index in [2.05, 4.69) is 19.9 Å². The second-order valence-electron chi connectivity index (χ2n) is 6.66. The summed E-state index contributed by atoms with van der Waals surface area (Å²) in [7, 11) is 0. The predicted octanol–water partition coefficient (Wildman–Crippen LogP) is 2.60. The van der Waals surface area contributed by atoms with Gasteiger partial charge in [0.25, 0.3) is 5.91 Å². The zero-order valence-corrected chi connectivity index (χ0v) is 15.4. The van der Waals surface area contributed by atoms with Crippen molar-refractivity contribution in [3.8, 4) is 17.0 Å². The maximum absolute atomic E-state index is 12.9. The summed E-state index contributed by atoms with van der Waals surface area (Å²) in [6, 6.07) is 12.3. The second-order valence-corrected chi connectivity index (χ2v) is 6.66. The van der Waals surface area contributed by atoms with E-state index in [1.54, 1.807) is 55.0 Å². The van der Waals surface area contributed by atoms with Gasteiger partial charge in [-0.25, -0.2) is 9.97 Å². The first-order valence-electron chi connectivity index (χ1n) is 9.27. The van der Waals surface area contributed by atoms with Gasteiger partial charge in [-0.15, -0.1) is 0 Å². The molecule has 3 heterocycles. The number of benzene rings is 1. The van der Waals surface area contributed by atoms with Crippen LogP contribution in [0.2, 0.25) is 0 Å². The van der Waals surface area contributed by atoms with Crippen LogP contribution in [0.3, 0.4) is 0 Å². The van der Waals surface area contributed by atoms with Gasteiger partial charge in [0.2, 0.25) is 5.95 Å². The standard InChI is InChI=1S/C21H21N5O2/c27-18-6-3-16(4-7-18)19-8-5-17(15-24-19)20(28)25-11-2-12-26(14-13-25)21-22-9-1-10-23-21/h1,3-10,15,27H,2,11-14H2. The zero-order valence-electron chi connectivity index (χ0n) is 15.4. The Morgan fingerprint density at radius 1 is 0.893 bits per heavy atom. The van der Waals surface area contributed by atoms with Gasteiger partial charge in [-0.1, -0.05) is 0 Å². The second kappa shape index (κ2) is 8.04. The molecule has 1 fully saturated rings. The first-order chi connectivity index (χ1) is 13.7. The highest BCUT2D eigenvalue weighted by Gasteiger charge is 2.21. The smallest absolute Gasteiger partial charge is 0.255 e. The summed E-state index contributed by atoms with van der Waals surface area (Å²) in [6.07, 6.45) is 5.95. The zero-order chi connectivity index (χ0) is 19.3. The Morgan fingerprint density at radius 2 is 1.68 bits per heavy atom. The molecular weight excluding hydrogens is 354 g/mol. The van der Waals surface area contributed by atoms with Crippen molar-refractivity contribution in [2.24, 2.45) is 0 Å². The molecule has 4 rings (SSSR count). The minimum Gasteiger partial charge on any atom is -0.508 e. The molecule has 7 heteroatoms. The molecule has 0 aliphatic carbocycles. The number of carbonyl (C=O) groups is 1. The molecule has 1 N–H and O–H groups in total. The molecule has 1 aliphatic rings. The molecule has 1 aliphatic heterocycles. The number of pyridine rings is 1. The van der Waals surface area contributed by atoms with E-state index >= 15 is 0 Å². The highest BCUT2D eigenvalue weighted by molar-refractivity contribution is 5.94. The lowest BCUT2D eigenvalue weighted by atomic mass is 10.1. The normalized spacial score (nSPS) is 14.6. The van der Waals surface area contributed by atoms with Crippen molar-refractivity contribution in [2.45, 2.75) is 6.42 Å². The average Bonchev–Trinajstić information content (AvgIpc) is 3.01. The number of anilines is 1. The van der Waals surface area contributed by atoms with Gasteiger partial charge in [-0.3, -0.25) is 9.78 Å². The molecule has 0 atom stereocenters. The summed E-state index contributed by atoms with van der Waals surface area (Å²) in [5, 5.41) is 9.40. The number of aromatic hydroxyl groups is 1. The van der Waals surface area contributed by atoms with Crippen LogP contribution in [-0.4, -0.2) is 57.0 Å². The monoisotopic (exact) mass is 375 g/mol. The van der Waals surface area contributed by atoms with Gasteiger partial charge in [0.1, 0.15) is 5.75 Å². The fourth-order valence-corrected chi connectivity index (χ4v) is 3.28. The molecule has 1 saturated heterocycles. The number of amides is 1. The lowest BCUT2D eigenvalue weighted by molar-refractivity contribution is 0.0766. The van der Waals surface area contributed by atoms with E-state index < -0.39 is 0 Å². The van der Waals surface area contributed by atoms with E-state index in [4.69, 9.17) is 0 Å². The van der Waals surface area contributed by atoms with Crippen molar-refractivity contribution >= 4 is 11.9 Å². The Bertz CT molecular complexity index is 929. The molecule has 0 unspecified atom stereocenters. The Morgan fingerprint density at radius 3 is 2.39 bits per heavy atom. The van der Waals surface area contributed by atoms with E-state index in [9.17, 15) is 9.90 Å². The largest absolute Gasteiger partial charge is 0.508 e. The number of hydrogen-bond acceptors (Lipinski definition) is 6. The van der Waals surface area contributed by atoms with Crippen molar-refractivity contribution in [3.05, 3.63) is 66.6 Å². The third kappa shape index (κ3) is 3.93. The van der Waals surface area contributed by atoms with E-state index in [-0.39, 0.29) is 11.7 Å². The van der Waals surface area contributed by atoms with Gasteiger partial charge in [0, 0.05) is 50.3 Å². The topological polar surface area (TPSA) is 82.5 Å². The Balaban J connectivity index is 1.43. The summed E-state index contributed by atoms with van der Waals surface area (Å²) < 4.78 is 0. The van der Waals surface area contributed by atoms with Crippen molar-refractivity contribution < 1.29 is 9.90 Å². The Kier molecular flexibility index (Phi) is 5.14. The van der Waals surface area contributed by atoms with E-state index in [0.29, 0.717) is 31.1 Å². The van der Waals surface area contributed by atoms with Crippen LogP contribution in [0.15, 0.2) is 61.1 Å². The van der Waals surface area contributed by atoms with Crippen LogP contribution >= 0.6 is 0 Å². The lowest BCUT2D eigenvalue weighted by Gasteiger charge is -2.22. The summed E-state index contributed by atoms with van der Waals surface area (Å²) in [5.41, 5.74) is 2.23. The number of hydrogen-bond donors (Lipinski definition) is 1. The number of aromatic nitrogens is 3. The highest BCUT2D eigenvalue weighted by atomic mass is 16.3. The van der Waals surface area contributed by atoms with Gasteiger partial charge in [-0.05, 0) is 48.9 Å². The summed E-state index contributed by atoms with van der Waals surface area (Å²) in [5.74, 6) is 0.906. The molecule has 0 spiro atoms. The van der Waals surface area contributed by atoms with Gasteiger partial charge < -0.3 is 14.9 Å². The maximum Gasteiger partial charge on any atom is 0.255 e. The SMILES string of the molecule is O=C(c1ccc(-c2ccc(O)cc2)nc1)N1CCCN(c2ncccn2)CC1. The number of phenolic OH excluding ortho intramolecular Hbond substituents is 1. The third-order valence-corrected chi connectivity index (χ3v) is 4.79. The van der Waals surface area contributed by atoms with Crippen LogP contribution < -0.4 is 4.90 Å². The number of phenols is 1. The summed E-state index contributed by atoms with van der Waals surface area (Å²) in [6.45, 7) is 2.85. The van der Waals surface area contributed by atoms with Crippen molar-refractivity contribution in [3.63, 3.8) is 0 Å². The third-order valence-electron chi connectivity index (χ3n) is 4.79. The average molecular weight is 375 g/mol.